The molecular formula is C33H36N4O6S. The summed E-state index contributed by atoms with van der Waals surface area (Å²) in [4.78, 5) is 28.5. The number of anilines is 2. The number of fused-ring (bicyclic) bond motifs is 2. The van der Waals surface area contributed by atoms with Gasteiger partial charge in [-0.3, -0.25) is 4.79 Å². The van der Waals surface area contributed by atoms with E-state index in [0.717, 1.165) is 10.8 Å². The van der Waals surface area contributed by atoms with Gasteiger partial charge in [-0.15, -0.1) is 0 Å². The fourth-order valence-corrected chi connectivity index (χ4v) is 6.47. The molecule has 44 heavy (non-hydrogen) atoms. The number of aliphatic hydroxyl groups is 1. The number of rotatable bonds is 8. The van der Waals surface area contributed by atoms with Crippen LogP contribution < -0.4 is 15.4 Å². The van der Waals surface area contributed by atoms with Gasteiger partial charge in [0.25, 0.3) is 5.91 Å². The molecule has 1 aliphatic rings. The lowest BCUT2D eigenvalue weighted by Crippen LogP contribution is -2.50. The fourth-order valence-electron chi connectivity index (χ4n) is 5.26. The molecule has 0 aromatic heterocycles. The molecular weight excluding hydrogens is 580 g/mol. The molecule has 3 amide bonds. The number of likely N-dealkylation sites (N-methyl/N-ethyl adjacent to an activating group) is 1. The Kier molecular flexibility index (Phi) is 9.19. The van der Waals surface area contributed by atoms with Crippen molar-refractivity contribution in [1.29, 1.82) is 0 Å². The number of urea groups is 1. The zero-order valence-electron chi connectivity index (χ0n) is 24.8. The maximum Gasteiger partial charge on any atom is 0.323 e. The summed E-state index contributed by atoms with van der Waals surface area (Å²) in [7, 11) is -2.29. The average Bonchev–Trinajstić information content (AvgIpc) is 3.03. The Hall–Kier alpha value is -4.45. The van der Waals surface area contributed by atoms with Gasteiger partial charge in [0.05, 0.1) is 35.3 Å². The van der Waals surface area contributed by atoms with Crippen LogP contribution in [-0.2, 0) is 10.0 Å². The lowest BCUT2D eigenvalue weighted by atomic mass is 9.99. The highest BCUT2D eigenvalue weighted by molar-refractivity contribution is 7.89. The van der Waals surface area contributed by atoms with Gasteiger partial charge in [-0.2, -0.15) is 4.31 Å². The highest BCUT2D eigenvalue weighted by Crippen LogP contribution is 2.31. The first-order chi connectivity index (χ1) is 21.1. The van der Waals surface area contributed by atoms with Gasteiger partial charge in [-0.05, 0) is 48.7 Å². The topological polar surface area (TPSA) is 128 Å². The van der Waals surface area contributed by atoms with Crippen LogP contribution in [0.2, 0.25) is 0 Å². The molecule has 4 aromatic carbocycles. The van der Waals surface area contributed by atoms with Crippen molar-refractivity contribution in [3.05, 3.63) is 96.6 Å². The van der Waals surface area contributed by atoms with E-state index >= 15 is 0 Å². The summed E-state index contributed by atoms with van der Waals surface area (Å²) in [6.45, 7) is 3.63. The Bertz CT molecular complexity index is 1760. The van der Waals surface area contributed by atoms with E-state index in [1.54, 1.807) is 42.2 Å². The van der Waals surface area contributed by atoms with Crippen molar-refractivity contribution in [3.63, 3.8) is 0 Å². The number of sulfonamides is 1. The number of nitrogens with zero attached hydrogens (tertiary/aromatic N) is 2. The predicted octanol–water partition coefficient (Wildman–Crippen LogP) is 5.02. The Morgan fingerprint density at radius 2 is 1.73 bits per heavy atom. The van der Waals surface area contributed by atoms with Crippen LogP contribution in [0.1, 0.15) is 24.2 Å². The molecule has 11 heteroatoms. The summed E-state index contributed by atoms with van der Waals surface area (Å²) in [5.41, 5.74) is 1.20. The lowest BCUT2D eigenvalue weighted by molar-refractivity contribution is 0.0387. The van der Waals surface area contributed by atoms with Crippen molar-refractivity contribution in [2.45, 2.75) is 30.9 Å². The van der Waals surface area contributed by atoms with Gasteiger partial charge in [0, 0.05) is 30.6 Å². The number of ether oxygens (including phenoxy) is 1. The van der Waals surface area contributed by atoms with Gasteiger partial charge >= 0.3 is 6.03 Å². The van der Waals surface area contributed by atoms with E-state index in [1.807, 2.05) is 49.4 Å². The molecule has 0 saturated carbocycles. The molecule has 230 valence electrons. The number of hydrogen-bond acceptors (Lipinski definition) is 6. The van der Waals surface area contributed by atoms with Gasteiger partial charge < -0.3 is 25.4 Å². The molecule has 10 nitrogen and oxygen atoms in total. The largest absolute Gasteiger partial charge is 0.488 e. The van der Waals surface area contributed by atoms with Crippen LogP contribution >= 0.6 is 0 Å². The Balaban J connectivity index is 1.41. The minimum atomic E-state index is -3.79. The number of nitrogens with one attached hydrogen (secondary N) is 2. The quantitative estimate of drug-likeness (QED) is 0.255. The molecule has 0 aliphatic carbocycles. The highest BCUT2D eigenvalue weighted by atomic mass is 32.2. The van der Waals surface area contributed by atoms with Crippen LogP contribution in [0.5, 0.6) is 5.75 Å². The van der Waals surface area contributed by atoms with Crippen LogP contribution in [0.4, 0.5) is 16.2 Å². The standard InChI is InChI=1S/C33H36N4O6S/c1-22-19-37(23(2)21-38)32(39)28-18-25(34-33(40)35-29-15-9-11-24-10-7-8-14-27(24)29)16-17-30(28)43-31(22)20-36(3)44(41,42)26-12-5-4-6-13-26/h4-18,22-23,31,38H,19-21H2,1-3H3,(H2,34,35,40)/t22-,23+,31-/m1/s1. The Morgan fingerprint density at radius 3 is 2.48 bits per heavy atom. The second kappa shape index (κ2) is 13.0. The maximum absolute atomic E-state index is 13.8. The summed E-state index contributed by atoms with van der Waals surface area (Å²) in [5.74, 6) is -0.388. The first kappa shape index (κ1) is 31.0. The van der Waals surface area contributed by atoms with Crippen LogP contribution in [0.15, 0.2) is 95.9 Å². The first-order valence-electron chi connectivity index (χ1n) is 14.4. The van der Waals surface area contributed by atoms with Gasteiger partial charge in [-0.25, -0.2) is 13.2 Å². The summed E-state index contributed by atoms with van der Waals surface area (Å²) >= 11 is 0. The molecule has 0 radical (unpaired) electrons. The molecule has 4 aromatic rings. The minimum Gasteiger partial charge on any atom is -0.488 e. The minimum absolute atomic E-state index is 0.0286. The molecule has 5 rings (SSSR count). The van der Waals surface area contributed by atoms with Crippen molar-refractivity contribution < 1.29 is 27.9 Å². The smallest absolute Gasteiger partial charge is 0.323 e. The van der Waals surface area contributed by atoms with E-state index < -0.39 is 28.2 Å². The lowest BCUT2D eigenvalue weighted by Gasteiger charge is -2.38. The van der Waals surface area contributed by atoms with E-state index in [1.165, 1.54) is 29.6 Å². The van der Waals surface area contributed by atoms with Crippen molar-refractivity contribution in [2.24, 2.45) is 5.92 Å². The highest BCUT2D eigenvalue weighted by Gasteiger charge is 2.35. The molecule has 0 saturated heterocycles. The summed E-state index contributed by atoms with van der Waals surface area (Å²) in [6.07, 6.45) is -0.618. The zero-order chi connectivity index (χ0) is 31.4. The van der Waals surface area contributed by atoms with E-state index in [-0.39, 0.29) is 47.7 Å². The van der Waals surface area contributed by atoms with Crippen LogP contribution in [-0.4, -0.2) is 73.6 Å². The molecule has 0 unspecified atom stereocenters. The monoisotopic (exact) mass is 616 g/mol. The Labute approximate surface area is 257 Å². The van der Waals surface area contributed by atoms with Crippen molar-refractivity contribution >= 4 is 44.1 Å². The van der Waals surface area contributed by atoms with Crippen molar-refractivity contribution in [1.82, 2.24) is 9.21 Å². The molecule has 0 spiro atoms. The van der Waals surface area contributed by atoms with Crippen LogP contribution in [0.3, 0.4) is 0 Å². The van der Waals surface area contributed by atoms with Crippen molar-refractivity contribution in [3.8, 4) is 5.75 Å². The third-order valence-electron chi connectivity index (χ3n) is 7.85. The molecule has 3 atom stereocenters. The van der Waals surface area contributed by atoms with Gasteiger partial charge in [0.1, 0.15) is 11.9 Å². The number of aliphatic hydroxyl groups excluding tert-OH is 1. The maximum atomic E-state index is 13.8. The third-order valence-corrected chi connectivity index (χ3v) is 9.69. The molecule has 0 bridgehead atoms. The first-order valence-corrected chi connectivity index (χ1v) is 15.8. The second-order valence-electron chi connectivity index (χ2n) is 11.0. The molecule has 1 heterocycles. The SMILES string of the molecule is C[C@@H]1CN([C@@H](C)CO)C(=O)c2cc(NC(=O)Nc3cccc4ccccc34)ccc2O[C@@H]1CN(C)S(=O)(=O)c1ccccc1. The third kappa shape index (κ3) is 6.54. The number of amides is 3. The Morgan fingerprint density at radius 1 is 1.02 bits per heavy atom. The number of carbonyl (C=O) groups is 2. The van der Waals surface area contributed by atoms with Gasteiger partial charge in [0.2, 0.25) is 10.0 Å². The number of benzene rings is 4. The molecule has 3 N–H and O–H groups in total. The summed E-state index contributed by atoms with van der Waals surface area (Å²) in [6, 6.07) is 25.3. The van der Waals surface area contributed by atoms with E-state index in [2.05, 4.69) is 10.6 Å². The molecule has 1 aliphatic heterocycles. The second-order valence-corrected chi connectivity index (χ2v) is 13.1. The summed E-state index contributed by atoms with van der Waals surface area (Å²) in [5, 5.41) is 17.5. The zero-order valence-corrected chi connectivity index (χ0v) is 25.6. The van der Waals surface area contributed by atoms with Crippen LogP contribution in [0, 0.1) is 5.92 Å². The normalized spacial score (nSPS) is 17.8. The predicted molar refractivity (Wildman–Crippen MR) is 170 cm³/mol. The molecule has 0 fully saturated rings. The van der Waals surface area contributed by atoms with E-state index in [0.29, 0.717) is 11.4 Å². The van der Waals surface area contributed by atoms with Gasteiger partial charge in [-0.1, -0.05) is 61.5 Å². The van der Waals surface area contributed by atoms with Gasteiger partial charge in [0.15, 0.2) is 0 Å². The average molecular weight is 617 g/mol. The van der Waals surface area contributed by atoms with E-state index in [9.17, 15) is 23.1 Å². The fraction of sp³-hybridized carbons (Fsp3) is 0.273. The van der Waals surface area contributed by atoms with Crippen LogP contribution in [0.25, 0.3) is 10.8 Å². The number of carbonyl (C=O) groups excluding carboxylic acids is 2. The van der Waals surface area contributed by atoms with E-state index in [4.69, 9.17) is 4.74 Å². The number of hydrogen-bond donors (Lipinski definition) is 3. The summed E-state index contributed by atoms with van der Waals surface area (Å²) < 4.78 is 34.1. The van der Waals surface area contributed by atoms with Crippen molar-refractivity contribution in [2.75, 3.05) is 37.4 Å².